The average Bonchev–Trinajstić information content (AvgIpc) is 2.60. The van der Waals surface area contributed by atoms with Gasteiger partial charge in [0.2, 0.25) is 5.43 Å². The Hall–Kier alpha value is -2.63. The van der Waals surface area contributed by atoms with Crippen molar-refractivity contribution in [3.8, 4) is 5.69 Å². The number of nitrogens with zero attached hydrogens (tertiary/aromatic N) is 2. The van der Waals surface area contributed by atoms with Gasteiger partial charge in [0.05, 0.1) is 5.69 Å². The largest absolute Gasteiger partial charge is 0.320 e. The van der Waals surface area contributed by atoms with E-state index in [4.69, 9.17) is 23.2 Å². The summed E-state index contributed by atoms with van der Waals surface area (Å²) < 4.78 is 1.44. The van der Waals surface area contributed by atoms with Crippen molar-refractivity contribution in [1.82, 2.24) is 9.78 Å². The number of hydrogen-bond acceptors (Lipinski definition) is 3. The molecule has 0 spiro atoms. The van der Waals surface area contributed by atoms with E-state index in [0.29, 0.717) is 27.0 Å². The van der Waals surface area contributed by atoms with Crippen molar-refractivity contribution in [2.75, 3.05) is 5.32 Å². The van der Waals surface area contributed by atoms with Gasteiger partial charge in [0, 0.05) is 28.0 Å². The Balaban J connectivity index is 1.95. The maximum absolute atomic E-state index is 12.5. The molecule has 3 rings (SSSR count). The van der Waals surface area contributed by atoms with Crippen LogP contribution in [0.5, 0.6) is 0 Å². The number of halogens is 2. The number of carbonyl (C=O) groups is 1. The minimum absolute atomic E-state index is 0.211. The Labute approximate surface area is 153 Å². The maximum Gasteiger partial charge on any atom is 0.280 e. The summed E-state index contributed by atoms with van der Waals surface area (Å²) in [4.78, 5) is 24.5. The highest BCUT2D eigenvalue weighted by molar-refractivity contribution is 6.31. The van der Waals surface area contributed by atoms with Crippen LogP contribution in [0.4, 0.5) is 5.69 Å². The van der Waals surface area contributed by atoms with Gasteiger partial charge in [0.1, 0.15) is 0 Å². The minimum atomic E-state index is -0.598. The van der Waals surface area contributed by atoms with Gasteiger partial charge < -0.3 is 5.32 Å². The molecule has 0 saturated heterocycles. The number of nitrogens with one attached hydrogen (secondary N) is 1. The van der Waals surface area contributed by atoms with Gasteiger partial charge in [-0.15, -0.1) is 0 Å². The van der Waals surface area contributed by atoms with E-state index in [1.165, 1.54) is 16.9 Å². The SMILES string of the molecule is Cc1c(Cl)cccc1NC(=O)c1nn(-c2ccc(Cl)cc2)ccc1=O. The molecule has 0 aliphatic heterocycles. The second kappa shape index (κ2) is 7.09. The summed E-state index contributed by atoms with van der Waals surface area (Å²) in [5, 5.41) is 7.92. The molecule has 1 N–H and O–H groups in total. The van der Waals surface area contributed by atoms with Crippen LogP contribution in [0.25, 0.3) is 5.69 Å². The van der Waals surface area contributed by atoms with Crippen LogP contribution in [0.2, 0.25) is 10.0 Å². The second-order valence-corrected chi connectivity index (χ2v) is 6.16. The van der Waals surface area contributed by atoms with Crippen molar-refractivity contribution >= 4 is 34.8 Å². The smallest absolute Gasteiger partial charge is 0.280 e. The van der Waals surface area contributed by atoms with Crippen molar-refractivity contribution in [2.24, 2.45) is 0 Å². The summed E-state index contributed by atoms with van der Waals surface area (Å²) in [6.07, 6.45) is 1.49. The lowest BCUT2D eigenvalue weighted by Crippen LogP contribution is -2.25. The minimum Gasteiger partial charge on any atom is -0.320 e. The molecule has 0 unspecified atom stereocenters. The first-order valence-electron chi connectivity index (χ1n) is 7.38. The van der Waals surface area contributed by atoms with Crippen LogP contribution in [0.3, 0.4) is 0 Å². The summed E-state index contributed by atoms with van der Waals surface area (Å²) in [6.45, 7) is 1.78. The number of hydrogen-bond donors (Lipinski definition) is 1. The van der Waals surface area contributed by atoms with E-state index >= 15 is 0 Å². The molecule has 3 aromatic rings. The van der Waals surface area contributed by atoms with E-state index in [2.05, 4.69) is 10.4 Å². The molecule has 0 aliphatic carbocycles. The van der Waals surface area contributed by atoms with Crippen molar-refractivity contribution in [3.63, 3.8) is 0 Å². The zero-order valence-corrected chi connectivity index (χ0v) is 14.7. The number of carbonyl (C=O) groups excluding carboxylic acids is 1. The van der Waals surface area contributed by atoms with Crippen molar-refractivity contribution in [3.05, 3.63) is 86.3 Å². The predicted octanol–water partition coefficient (Wildman–Crippen LogP) is 4.10. The standard InChI is InChI=1S/C18H13Cl2N3O2/c1-11-14(20)3-2-4-15(11)21-18(25)17-16(24)9-10-23(22-17)13-7-5-12(19)6-8-13/h2-10H,1H3,(H,21,25). The molecule has 2 aromatic carbocycles. The third kappa shape index (κ3) is 3.73. The molecular weight excluding hydrogens is 361 g/mol. The predicted molar refractivity (Wildman–Crippen MR) is 99.0 cm³/mol. The van der Waals surface area contributed by atoms with Crippen LogP contribution < -0.4 is 10.7 Å². The molecule has 1 amide bonds. The summed E-state index contributed by atoms with van der Waals surface area (Å²) in [5.41, 5.74) is 1.24. The lowest BCUT2D eigenvalue weighted by Gasteiger charge is -2.10. The van der Waals surface area contributed by atoms with Crippen LogP contribution in [0.1, 0.15) is 16.1 Å². The lowest BCUT2D eigenvalue weighted by atomic mass is 10.2. The van der Waals surface area contributed by atoms with E-state index in [0.717, 1.165) is 0 Å². The fraction of sp³-hybridized carbons (Fsp3) is 0.0556. The number of benzene rings is 2. The van der Waals surface area contributed by atoms with Crippen LogP contribution in [-0.2, 0) is 0 Å². The van der Waals surface area contributed by atoms with Crippen molar-refractivity contribution < 1.29 is 4.79 Å². The summed E-state index contributed by atoms with van der Waals surface area (Å²) >= 11 is 11.9. The van der Waals surface area contributed by atoms with Crippen molar-refractivity contribution in [2.45, 2.75) is 6.92 Å². The summed E-state index contributed by atoms with van der Waals surface area (Å²) in [7, 11) is 0. The second-order valence-electron chi connectivity index (χ2n) is 5.32. The monoisotopic (exact) mass is 373 g/mol. The quantitative estimate of drug-likeness (QED) is 0.751. The van der Waals surface area contributed by atoms with Crippen LogP contribution in [0.15, 0.2) is 59.5 Å². The van der Waals surface area contributed by atoms with E-state index in [1.54, 1.807) is 49.4 Å². The maximum atomic E-state index is 12.5. The van der Waals surface area contributed by atoms with E-state index in [1.807, 2.05) is 0 Å². The fourth-order valence-electron chi connectivity index (χ4n) is 2.23. The highest BCUT2D eigenvalue weighted by Gasteiger charge is 2.15. The third-order valence-corrected chi connectivity index (χ3v) is 4.29. The lowest BCUT2D eigenvalue weighted by molar-refractivity contribution is 0.101. The molecule has 5 nitrogen and oxygen atoms in total. The molecule has 1 heterocycles. The molecule has 126 valence electrons. The highest BCUT2D eigenvalue weighted by Crippen LogP contribution is 2.23. The Morgan fingerprint density at radius 2 is 1.80 bits per heavy atom. The molecule has 7 heteroatoms. The molecule has 0 saturated carbocycles. The van der Waals surface area contributed by atoms with Crippen molar-refractivity contribution in [1.29, 1.82) is 0 Å². The number of anilines is 1. The number of amides is 1. The molecule has 1 aromatic heterocycles. The number of rotatable bonds is 3. The van der Waals surface area contributed by atoms with E-state index < -0.39 is 11.3 Å². The molecule has 0 fully saturated rings. The van der Waals surface area contributed by atoms with Gasteiger partial charge in [-0.1, -0.05) is 29.3 Å². The Bertz CT molecular complexity index is 998. The first-order valence-corrected chi connectivity index (χ1v) is 8.13. The highest BCUT2D eigenvalue weighted by atomic mass is 35.5. The van der Waals surface area contributed by atoms with Crippen LogP contribution in [-0.4, -0.2) is 15.7 Å². The van der Waals surface area contributed by atoms with Gasteiger partial charge in [-0.2, -0.15) is 5.10 Å². The van der Waals surface area contributed by atoms with Gasteiger partial charge in [0.25, 0.3) is 5.91 Å². The topological polar surface area (TPSA) is 64.0 Å². The number of aromatic nitrogens is 2. The zero-order chi connectivity index (χ0) is 18.0. The molecule has 25 heavy (non-hydrogen) atoms. The molecule has 0 atom stereocenters. The third-order valence-electron chi connectivity index (χ3n) is 3.63. The average molecular weight is 374 g/mol. The molecule has 0 aliphatic rings. The molecule has 0 radical (unpaired) electrons. The van der Waals surface area contributed by atoms with Gasteiger partial charge in [0.15, 0.2) is 5.69 Å². The fourth-order valence-corrected chi connectivity index (χ4v) is 2.53. The van der Waals surface area contributed by atoms with Gasteiger partial charge >= 0.3 is 0 Å². The summed E-state index contributed by atoms with van der Waals surface area (Å²) in [6, 6.07) is 13.3. The normalized spacial score (nSPS) is 10.5. The molecular formula is C18H13Cl2N3O2. The molecule has 0 bridgehead atoms. The van der Waals surface area contributed by atoms with Gasteiger partial charge in [-0.3, -0.25) is 9.59 Å². The van der Waals surface area contributed by atoms with E-state index in [9.17, 15) is 9.59 Å². The Kier molecular flexibility index (Phi) is 4.88. The zero-order valence-electron chi connectivity index (χ0n) is 13.2. The van der Waals surface area contributed by atoms with Crippen LogP contribution >= 0.6 is 23.2 Å². The Morgan fingerprint density at radius 3 is 2.52 bits per heavy atom. The first kappa shape index (κ1) is 17.2. The van der Waals surface area contributed by atoms with Crippen LogP contribution in [0, 0.1) is 6.92 Å². The summed E-state index contributed by atoms with van der Waals surface area (Å²) in [5.74, 6) is -0.598. The first-order chi connectivity index (χ1) is 12.0. The van der Waals surface area contributed by atoms with Gasteiger partial charge in [-0.05, 0) is 48.9 Å². The Morgan fingerprint density at radius 1 is 1.08 bits per heavy atom. The van der Waals surface area contributed by atoms with Gasteiger partial charge in [-0.25, -0.2) is 4.68 Å². The van der Waals surface area contributed by atoms with E-state index in [-0.39, 0.29) is 5.69 Å².